The Balaban J connectivity index is 1.58. The Labute approximate surface area is 184 Å². The predicted octanol–water partition coefficient (Wildman–Crippen LogP) is 3.99. The number of hydrazine groups is 1. The maximum atomic E-state index is 12.9. The lowest BCUT2D eigenvalue weighted by molar-refractivity contribution is -0.126. The molecule has 3 aromatic carbocycles. The highest BCUT2D eigenvalue weighted by Gasteiger charge is 2.22. The van der Waals surface area contributed by atoms with E-state index >= 15 is 0 Å². The van der Waals surface area contributed by atoms with E-state index < -0.39 is 5.92 Å². The molecule has 0 fully saturated rings. The predicted molar refractivity (Wildman–Crippen MR) is 122 cm³/mol. The van der Waals surface area contributed by atoms with E-state index in [1.54, 1.807) is 0 Å². The van der Waals surface area contributed by atoms with Gasteiger partial charge in [-0.15, -0.1) is 0 Å². The topological polar surface area (TPSA) is 70.2 Å². The molecule has 0 aromatic heterocycles. The molecule has 0 spiro atoms. The molecular formula is C24H22BrN3O2. The van der Waals surface area contributed by atoms with Crippen LogP contribution in [0.2, 0.25) is 0 Å². The highest BCUT2D eigenvalue weighted by Crippen LogP contribution is 2.24. The molecule has 0 saturated heterocycles. The SMILES string of the molecule is C=C(NNC(=O)CNC(=O)C(c1ccccc1)c1ccccc1)c1ccc(Br)cc1. The van der Waals surface area contributed by atoms with Crippen molar-refractivity contribution in [3.8, 4) is 0 Å². The van der Waals surface area contributed by atoms with Gasteiger partial charge in [0.1, 0.15) is 0 Å². The van der Waals surface area contributed by atoms with Gasteiger partial charge in [0.25, 0.3) is 5.91 Å². The second-order valence-corrected chi connectivity index (χ2v) is 7.55. The fourth-order valence-corrected chi connectivity index (χ4v) is 3.23. The van der Waals surface area contributed by atoms with Crippen molar-refractivity contribution < 1.29 is 9.59 Å². The van der Waals surface area contributed by atoms with E-state index in [1.807, 2.05) is 84.9 Å². The zero-order chi connectivity index (χ0) is 21.3. The van der Waals surface area contributed by atoms with E-state index in [2.05, 4.69) is 38.7 Å². The molecule has 5 nitrogen and oxygen atoms in total. The summed E-state index contributed by atoms with van der Waals surface area (Å²) in [7, 11) is 0. The van der Waals surface area contributed by atoms with Gasteiger partial charge in [-0.05, 0) is 28.8 Å². The first-order valence-electron chi connectivity index (χ1n) is 9.42. The summed E-state index contributed by atoms with van der Waals surface area (Å²) in [5.74, 6) is -1.11. The Morgan fingerprint density at radius 2 is 1.33 bits per heavy atom. The molecule has 3 aromatic rings. The van der Waals surface area contributed by atoms with Gasteiger partial charge in [0.15, 0.2) is 0 Å². The van der Waals surface area contributed by atoms with Gasteiger partial charge in [0.2, 0.25) is 5.91 Å². The standard InChI is InChI=1S/C24H22BrN3O2/c1-17(18-12-14-21(25)15-13-18)27-28-22(29)16-26-24(30)23(19-8-4-2-5-9-19)20-10-6-3-7-11-20/h2-15,23,27H,1,16H2,(H,26,30)(H,28,29). The molecule has 2 amide bonds. The smallest absolute Gasteiger partial charge is 0.257 e. The Morgan fingerprint density at radius 1 is 0.800 bits per heavy atom. The average molecular weight is 464 g/mol. The molecule has 0 bridgehead atoms. The Kier molecular flexibility index (Phi) is 7.40. The molecule has 3 N–H and O–H groups in total. The first kappa shape index (κ1) is 21.3. The number of carbonyl (C=O) groups excluding carboxylic acids is 2. The zero-order valence-corrected chi connectivity index (χ0v) is 17.9. The molecule has 3 rings (SSSR count). The molecule has 152 valence electrons. The lowest BCUT2D eigenvalue weighted by Crippen LogP contribution is -2.44. The summed E-state index contributed by atoms with van der Waals surface area (Å²) in [4.78, 5) is 25.1. The fraction of sp³-hybridized carbons (Fsp3) is 0.0833. The number of benzene rings is 3. The van der Waals surface area contributed by atoms with Crippen LogP contribution in [0.4, 0.5) is 0 Å². The van der Waals surface area contributed by atoms with Crippen LogP contribution in [0.5, 0.6) is 0 Å². The van der Waals surface area contributed by atoms with E-state index in [-0.39, 0.29) is 18.4 Å². The van der Waals surface area contributed by atoms with Crippen molar-refractivity contribution in [1.29, 1.82) is 0 Å². The summed E-state index contributed by atoms with van der Waals surface area (Å²) in [6, 6.07) is 26.5. The number of rotatable bonds is 8. The largest absolute Gasteiger partial charge is 0.346 e. The quantitative estimate of drug-likeness (QED) is 0.442. The van der Waals surface area contributed by atoms with E-state index in [4.69, 9.17) is 0 Å². The molecule has 0 unspecified atom stereocenters. The maximum absolute atomic E-state index is 12.9. The number of hydrogen-bond acceptors (Lipinski definition) is 3. The Morgan fingerprint density at radius 3 is 1.87 bits per heavy atom. The van der Waals surface area contributed by atoms with Gasteiger partial charge in [-0.3, -0.25) is 20.4 Å². The summed E-state index contributed by atoms with van der Waals surface area (Å²) >= 11 is 3.38. The summed E-state index contributed by atoms with van der Waals surface area (Å²) in [5, 5.41) is 2.72. The van der Waals surface area contributed by atoms with Crippen molar-refractivity contribution in [3.63, 3.8) is 0 Å². The second kappa shape index (κ2) is 10.4. The second-order valence-electron chi connectivity index (χ2n) is 6.63. The van der Waals surface area contributed by atoms with Crippen molar-refractivity contribution in [2.45, 2.75) is 5.92 Å². The number of nitrogens with one attached hydrogen (secondary N) is 3. The van der Waals surface area contributed by atoms with E-state index in [1.165, 1.54) is 0 Å². The van der Waals surface area contributed by atoms with Crippen molar-refractivity contribution in [1.82, 2.24) is 16.2 Å². The third-order valence-corrected chi connectivity index (χ3v) is 5.03. The monoisotopic (exact) mass is 463 g/mol. The van der Waals surface area contributed by atoms with Gasteiger partial charge >= 0.3 is 0 Å². The summed E-state index contributed by atoms with van der Waals surface area (Å²) in [6.45, 7) is 3.74. The van der Waals surface area contributed by atoms with Crippen LogP contribution in [0.3, 0.4) is 0 Å². The van der Waals surface area contributed by atoms with Crippen LogP contribution in [0.1, 0.15) is 22.6 Å². The van der Waals surface area contributed by atoms with Gasteiger partial charge in [-0.1, -0.05) is 95.3 Å². The van der Waals surface area contributed by atoms with Crippen LogP contribution in [-0.2, 0) is 9.59 Å². The molecular weight excluding hydrogens is 442 g/mol. The number of carbonyl (C=O) groups is 2. The number of hydrogen-bond donors (Lipinski definition) is 3. The Hall–Kier alpha value is -3.38. The van der Waals surface area contributed by atoms with Crippen molar-refractivity contribution in [2.24, 2.45) is 0 Å². The summed E-state index contributed by atoms with van der Waals surface area (Å²) < 4.78 is 0.956. The molecule has 0 aliphatic heterocycles. The summed E-state index contributed by atoms with van der Waals surface area (Å²) in [6.07, 6.45) is 0. The van der Waals surface area contributed by atoms with Crippen molar-refractivity contribution in [2.75, 3.05) is 6.54 Å². The third-order valence-electron chi connectivity index (χ3n) is 4.50. The van der Waals surface area contributed by atoms with E-state index in [0.29, 0.717) is 5.70 Å². The zero-order valence-electron chi connectivity index (χ0n) is 16.3. The van der Waals surface area contributed by atoms with Crippen LogP contribution in [0.15, 0.2) is 96.0 Å². The normalized spacial score (nSPS) is 10.3. The van der Waals surface area contributed by atoms with Crippen molar-refractivity contribution in [3.05, 3.63) is 113 Å². The molecule has 0 radical (unpaired) electrons. The summed E-state index contributed by atoms with van der Waals surface area (Å²) in [5.41, 5.74) is 8.45. The molecule has 6 heteroatoms. The minimum atomic E-state index is -0.495. The minimum Gasteiger partial charge on any atom is -0.346 e. The van der Waals surface area contributed by atoms with Crippen LogP contribution < -0.4 is 16.2 Å². The van der Waals surface area contributed by atoms with Gasteiger partial charge in [-0.2, -0.15) is 0 Å². The van der Waals surface area contributed by atoms with Crippen LogP contribution in [-0.4, -0.2) is 18.4 Å². The molecule has 30 heavy (non-hydrogen) atoms. The van der Waals surface area contributed by atoms with Crippen LogP contribution >= 0.6 is 15.9 Å². The van der Waals surface area contributed by atoms with Gasteiger partial charge < -0.3 is 5.32 Å². The molecule has 0 saturated carbocycles. The first-order chi connectivity index (χ1) is 14.5. The number of halogens is 1. The lowest BCUT2D eigenvalue weighted by atomic mass is 9.90. The first-order valence-corrected chi connectivity index (χ1v) is 10.2. The highest BCUT2D eigenvalue weighted by molar-refractivity contribution is 9.10. The average Bonchev–Trinajstić information content (AvgIpc) is 2.78. The van der Waals surface area contributed by atoms with Crippen molar-refractivity contribution >= 4 is 33.4 Å². The van der Waals surface area contributed by atoms with Gasteiger partial charge in [0.05, 0.1) is 18.2 Å². The van der Waals surface area contributed by atoms with Gasteiger partial charge in [-0.25, -0.2) is 0 Å². The molecule has 0 aliphatic carbocycles. The van der Waals surface area contributed by atoms with Gasteiger partial charge in [0, 0.05) is 4.47 Å². The third kappa shape index (κ3) is 5.81. The molecule has 0 aliphatic rings. The fourth-order valence-electron chi connectivity index (χ4n) is 2.97. The highest BCUT2D eigenvalue weighted by atomic mass is 79.9. The maximum Gasteiger partial charge on any atom is 0.257 e. The van der Waals surface area contributed by atoms with E-state index in [0.717, 1.165) is 21.2 Å². The minimum absolute atomic E-state index is 0.157. The van der Waals surface area contributed by atoms with E-state index in [9.17, 15) is 9.59 Å². The van der Waals surface area contributed by atoms with Crippen LogP contribution in [0.25, 0.3) is 5.70 Å². The molecule has 0 heterocycles. The molecule has 0 atom stereocenters. The van der Waals surface area contributed by atoms with Crippen LogP contribution in [0, 0.1) is 0 Å². The Bertz CT molecular complexity index is 966. The number of amides is 2. The lowest BCUT2D eigenvalue weighted by Gasteiger charge is -2.18.